The van der Waals surface area contributed by atoms with E-state index >= 15 is 0 Å². The Bertz CT molecular complexity index is 301. The summed E-state index contributed by atoms with van der Waals surface area (Å²) in [5, 5.41) is 0. The first-order chi connectivity index (χ1) is 7.73. The molecule has 2 heteroatoms. The molecular formula is C15H27NO. The largest absolute Gasteiger partial charge is 0.298 e. The third-order valence-corrected chi connectivity index (χ3v) is 4.07. The number of likely N-dealkylation sites (tertiary alicyclic amines) is 1. The van der Waals surface area contributed by atoms with Gasteiger partial charge in [-0.15, -0.1) is 0 Å². The van der Waals surface area contributed by atoms with Gasteiger partial charge in [-0.05, 0) is 31.7 Å². The average Bonchev–Trinajstić information content (AvgIpc) is 2.63. The van der Waals surface area contributed by atoms with Gasteiger partial charge in [-0.3, -0.25) is 9.69 Å². The Hall–Kier alpha value is -0.630. The van der Waals surface area contributed by atoms with Gasteiger partial charge in [0.05, 0.1) is 6.54 Å². The van der Waals surface area contributed by atoms with Gasteiger partial charge >= 0.3 is 0 Å². The second-order valence-corrected chi connectivity index (χ2v) is 6.53. The van der Waals surface area contributed by atoms with Crippen molar-refractivity contribution in [3.8, 4) is 0 Å². The van der Waals surface area contributed by atoms with Crippen LogP contribution in [-0.4, -0.2) is 29.8 Å². The maximum absolute atomic E-state index is 12.2. The van der Waals surface area contributed by atoms with Gasteiger partial charge in [0.2, 0.25) is 0 Å². The minimum atomic E-state index is 0.0650. The Morgan fingerprint density at radius 2 is 2.06 bits per heavy atom. The van der Waals surface area contributed by atoms with Crippen LogP contribution in [0.2, 0.25) is 0 Å². The highest BCUT2D eigenvalue weighted by atomic mass is 16.1. The molecule has 0 amide bonds. The van der Waals surface area contributed by atoms with Gasteiger partial charge in [0, 0.05) is 12.0 Å². The summed E-state index contributed by atoms with van der Waals surface area (Å²) in [7, 11) is 0. The van der Waals surface area contributed by atoms with Crippen molar-refractivity contribution >= 4 is 5.78 Å². The molecule has 1 fully saturated rings. The summed E-state index contributed by atoms with van der Waals surface area (Å²) in [6, 6.07) is 0.422. The first-order valence-corrected chi connectivity index (χ1v) is 6.65. The van der Waals surface area contributed by atoms with Gasteiger partial charge in [0.1, 0.15) is 5.78 Å². The van der Waals surface area contributed by atoms with Gasteiger partial charge in [-0.1, -0.05) is 39.8 Å². The van der Waals surface area contributed by atoms with Crippen LogP contribution in [0.5, 0.6) is 0 Å². The van der Waals surface area contributed by atoms with Gasteiger partial charge in [-0.25, -0.2) is 0 Å². The quantitative estimate of drug-likeness (QED) is 0.699. The number of Topliss-reactive ketones (excluding diaryl/α,β-unsaturated/α-hetero) is 1. The molecule has 2 unspecified atom stereocenters. The summed E-state index contributed by atoms with van der Waals surface area (Å²) in [5.74, 6) is 0.486. The van der Waals surface area contributed by atoms with Crippen LogP contribution in [0.3, 0.4) is 0 Å². The van der Waals surface area contributed by atoms with E-state index in [1.165, 1.54) is 12.0 Å². The summed E-state index contributed by atoms with van der Waals surface area (Å²) in [6.07, 6.45) is 2.35. The molecule has 0 bridgehead atoms. The summed E-state index contributed by atoms with van der Waals surface area (Å²) < 4.78 is 0. The number of nitrogens with zero attached hydrogens (tertiary/aromatic N) is 1. The minimum absolute atomic E-state index is 0.0650. The molecule has 1 aliphatic heterocycles. The van der Waals surface area contributed by atoms with Crippen molar-refractivity contribution in [2.45, 2.75) is 53.5 Å². The lowest BCUT2D eigenvalue weighted by Gasteiger charge is -2.30. The Kier molecular flexibility index (Phi) is 4.54. The fourth-order valence-corrected chi connectivity index (χ4v) is 2.39. The van der Waals surface area contributed by atoms with Crippen molar-refractivity contribution in [2.24, 2.45) is 11.3 Å². The van der Waals surface area contributed by atoms with E-state index in [2.05, 4.69) is 39.2 Å². The highest BCUT2D eigenvalue weighted by Crippen LogP contribution is 2.28. The first kappa shape index (κ1) is 14.4. The van der Waals surface area contributed by atoms with Crippen LogP contribution in [0.1, 0.15) is 47.5 Å². The van der Waals surface area contributed by atoms with Crippen molar-refractivity contribution in [3.05, 3.63) is 12.2 Å². The van der Waals surface area contributed by atoms with E-state index in [9.17, 15) is 4.79 Å². The SMILES string of the molecule is C=C(C)C1CCCN1CC(=O)C(C)C(C)(C)C. The molecule has 0 aromatic heterocycles. The lowest BCUT2D eigenvalue weighted by atomic mass is 9.79. The molecule has 2 nitrogen and oxygen atoms in total. The van der Waals surface area contributed by atoms with E-state index < -0.39 is 0 Å². The Morgan fingerprint density at radius 3 is 2.53 bits per heavy atom. The van der Waals surface area contributed by atoms with Gasteiger partial charge in [0.15, 0.2) is 0 Å². The zero-order chi connectivity index (χ0) is 13.2. The van der Waals surface area contributed by atoms with E-state index in [4.69, 9.17) is 0 Å². The van der Waals surface area contributed by atoms with E-state index in [1.807, 2.05) is 6.92 Å². The standard InChI is InChI=1S/C15H27NO/c1-11(2)13-8-7-9-16(13)10-14(17)12(3)15(4,5)6/h12-13H,1,7-10H2,2-6H3. The molecule has 0 aromatic rings. The van der Waals surface area contributed by atoms with E-state index in [1.54, 1.807) is 0 Å². The second kappa shape index (κ2) is 5.34. The van der Waals surface area contributed by atoms with Crippen LogP contribution in [0, 0.1) is 11.3 Å². The molecular weight excluding hydrogens is 210 g/mol. The molecule has 98 valence electrons. The molecule has 0 aliphatic carbocycles. The van der Waals surface area contributed by atoms with Crippen molar-refractivity contribution in [1.29, 1.82) is 0 Å². The summed E-state index contributed by atoms with van der Waals surface area (Å²) in [5.41, 5.74) is 1.26. The average molecular weight is 237 g/mol. The predicted octanol–water partition coefficient (Wildman–Crippen LogP) is 3.28. The molecule has 17 heavy (non-hydrogen) atoms. The highest BCUT2D eigenvalue weighted by molar-refractivity contribution is 5.83. The molecule has 0 spiro atoms. The van der Waals surface area contributed by atoms with Crippen LogP contribution in [0.25, 0.3) is 0 Å². The third kappa shape index (κ3) is 3.67. The van der Waals surface area contributed by atoms with Crippen LogP contribution < -0.4 is 0 Å². The molecule has 0 radical (unpaired) electrons. The first-order valence-electron chi connectivity index (χ1n) is 6.65. The maximum Gasteiger partial charge on any atom is 0.150 e. The summed E-state index contributed by atoms with van der Waals surface area (Å²) in [4.78, 5) is 14.5. The number of carbonyl (C=O) groups is 1. The molecule has 2 atom stereocenters. The van der Waals surface area contributed by atoms with Crippen molar-refractivity contribution < 1.29 is 4.79 Å². The molecule has 0 saturated carbocycles. The van der Waals surface area contributed by atoms with Gasteiger partial charge < -0.3 is 0 Å². The monoisotopic (exact) mass is 237 g/mol. The topological polar surface area (TPSA) is 20.3 Å². The lowest BCUT2D eigenvalue weighted by Crippen LogP contribution is -2.39. The minimum Gasteiger partial charge on any atom is -0.298 e. The number of ketones is 1. The van der Waals surface area contributed by atoms with Crippen molar-refractivity contribution in [2.75, 3.05) is 13.1 Å². The van der Waals surface area contributed by atoms with E-state index in [-0.39, 0.29) is 11.3 Å². The van der Waals surface area contributed by atoms with Gasteiger partial charge in [0.25, 0.3) is 0 Å². The predicted molar refractivity (Wildman–Crippen MR) is 73.0 cm³/mol. The van der Waals surface area contributed by atoms with Crippen LogP contribution in [0.15, 0.2) is 12.2 Å². The molecule has 1 rings (SSSR count). The van der Waals surface area contributed by atoms with Crippen molar-refractivity contribution in [3.63, 3.8) is 0 Å². The fraction of sp³-hybridized carbons (Fsp3) is 0.800. The Labute approximate surface area is 106 Å². The Balaban J connectivity index is 2.60. The molecule has 1 aliphatic rings. The summed E-state index contributed by atoms with van der Waals surface area (Å²) in [6.45, 7) is 16.2. The second-order valence-electron chi connectivity index (χ2n) is 6.53. The number of rotatable bonds is 4. The molecule has 0 N–H and O–H groups in total. The van der Waals surface area contributed by atoms with Crippen LogP contribution in [-0.2, 0) is 4.79 Å². The smallest absolute Gasteiger partial charge is 0.150 e. The van der Waals surface area contributed by atoms with Crippen LogP contribution in [0.4, 0.5) is 0 Å². The number of hydrogen-bond donors (Lipinski definition) is 0. The van der Waals surface area contributed by atoms with Crippen LogP contribution >= 0.6 is 0 Å². The lowest BCUT2D eigenvalue weighted by molar-refractivity contribution is -0.126. The third-order valence-electron chi connectivity index (χ3n) is 4.07. The zero-order valence-corrected chi connectivity index (χ0v) is 12.0. The number of hydrogen-bond acceptors (Lipinski definition) is 2. The van der Waals surface area contributed by atoms with E-state index in [0.29, 0.717) is 18.4 Å². The molecule has 1 heterocycles. The molecule has 1 saturated heterocycles. The van der Waals surface area contributed by atoms with Crippen molar-refractivity contribution in [1.82, 2.24) is 4.90 Å². The fourth-order valence-electron chi connectivity index (χ4n) is 2.39. The van der Waals surface area contributed by atoms with Gasteiger partial charge in [-0.2, -0.15) is 0 Å². The van der Waals surface area contributed by atoms with E-state index in [0.717, 1.165) is 13.0 Å². The highest BCUT2D eigenvalue weighted by Gasteiger charge is 2.31. The normalized spacial score (nSPS) is 23.7. The molecule has 0 aromatic carbocycles. The zero-order valence-electron chi connectivity index (χ0n) is 12.0. The summed E-state index contributed by atoms with van der Waals surface area (Å²) >= 11 is 0. The maximum atomic E-state index is 12.2. The number of carbonyl (C=O) groups excluding carboxylic acids is 1. The Morgan fingerprint density at radius 1 is 1.47 bits per heavy atom.